The molecule has 0 saturated carbocycles. The van der Waals surface area contributed by atoms with Gasteiger partial charge in [0.05, 0.1) is 30.5 Å². The van der Waals surface area contributed by atoms with E-state index in [4.69, 9.17) is 4.74 Å². The Balaban J connectivity index is 1.86. The molecule has 0 aromatic heterocycles. The molecule has 186 valence electrons. The summed E-state index contributed by atoms with van der Waals surface area (Å²) in [5.74, 6) is -1.63. The molecule has 0 unspecified atom stereocenters. The lowest BCUT2D eigenvalue weighted by Crippen LogP contribution is -2.43. The number of carbonyl (C=O) groups is 3. The van der Waals surface area contributed by atoms with Gasteiger partial charge in [0, 0.05) is 13.0 Å². The average Bonchev–Trinajstić information content (AvgIpc) is 3.32. The first-order chi connectivity index (χ1) is 16.4. The highest BCUT2D eigenvalue weighted by Crippen LogP contribution is 2.21. The lowest BCUT2D eigenvalue weighted by molar-refractivity contribution is -0.149. The maximum atomic E-state index is 12.8. The van der Waals surface area contributed by atoms with Gasteiger partial charge in [-0.3, -0.25) is 14.4 Å². The maximum absolute atomic E-state index is 12.8. The summed E-state index contributed by atoms with van der Waals surface area (Å²) < 4.78 is 5.50. The number of hydrogen-bond donors (Lipinski definition) is 2. The molecule has 0 aliphatic carbocycles. The van der Waals surface area contributed by atoms with Gasteiger partial charge in [-0.05, 0) is 44.6 Å². The molecule has 1 aromatic rings. The predicted molar refractivity (Wildman–Crippen MR) is 132 cm³/mol. The van der Waals surface area contributed by atoms with E-state index in [0.29, 0.717) is 25.8 Å². The molecule has 0 spiro atoms. The van der Waals surface area contributed by atoms with Crippen molar-refractivity contribution < 1.29 is 24.2 Å². The molecule has 1 saturated heterocycles. The predicted octanol–water partition coefficient (Wildman–Crippen LogP) is 3.04. The van der Waals surface area contributed by atoms with E-state index in [0.717, 1.165) is 18.4 Å². The van der Waals surface area contributed by atoms with Gasteiger partial charge in [-0.25, -0.2) is 0 Å². The normalized spacial score (nSPS) is 17.9. The minimum Gasteiger partial charge on any atom is -0.463 e. The molecule has 1 aliphatic rings. The van der Waals surface area contributed by atoms with E-state index < -0.39 is 12.0 Å². The molecule has 2 N–H and O–H groups in total. The van der Waals surface area contributed by atoms with Gasteiger partial charge in [0.15, 0.2) is 0 Å². The lowest BCUT2D eigenvalue weighted by Gasteiger charge is -2.26. The minimum absolute atomic E-state index is 0.0421. The number of ether oxygens (including phenoxy) is 1. The van der Waals surface area contributed by atoms with Crippen LogP contribution in [0.1, 0.15) is 44.6 Å². The SMILES string of the molecule is C=CC[C@H](CC(=O)N1CCC[C@H]1CO)C(=O)N[C@@H](C)COC(=O)[C@@H](CC=C)Cc1ccccc1. The Kier molecular flexibility index (Phi) is 11.5. The molecular formula is C27H38N2O5. The molecule has 1 fully saturated rings. The topological polar surface area (TPSA) is 95.9 Å². The molecule has 7 nitrogen and oxygen atoms in total. The summed E-state index contributed by atoms with van der Waals surface area (Å²) in [6, 6.07) is 9.16. The van der Waals surface area contributed by atoms with Gasteiger partial charge in [0.25, 0.3) is 0 Å². The zero-order chi connectivity index (χ0) is 24.9. The number of likely N-dealkylation sites (tertiary alicyclic amines) is 1. The molecule has 0 bridgehead atoms. The molecule has 34 heavy (non-hydrogen) atoms. The van der Waals surface area contributed by atoms with Crippen molar-refractivity contribution in [3.63, 3.8) is 0 Å². The zero-order valence-electron chi connectivity index (χ0n) is 20.2. The smallest absolute Gasteiger partial charge is 0.309 e. The Morgan fingerprint density at radius 3 is 2.50 bits per heavy atom. The summed E-state index contributed by atoms with van der Waals surface area (Å²) >= 11 is 0. The molecule has 2 rings (SSSR count). The van der Waals surface area contributed by atoms with Crippen LogP contribution in [-0.2, 0) is 25.5 Å². The fraction of sp³-hybridized carbons (Fsp3) is 0.519. The van der Waals surface area contributed by atoms with Crippen LogP contribution < -0.4 is 5.32 Å². The van der Waals surface area contributed by atoms with Crippen LogP contribution in [0, 0.1) is 11.8 Å². The first kappa shape index (κ1) is 27.3. The number of benzene rings is 1. The van der Waals surface area contributed by atoms with Gasteiger partial charge in [0.2, 0.25) is 11.8 Å². The molecule has 1 aromatic carbocycles. The van der Waals surface area contributed by atoms with E-state index in [9.17, 15) is 19.5 Å². The highest BCUT2D eigenvalue weighted by atomic mass is 16.5. The van der Waals surface area contributed by atoms with Gasteiger partial charge in [-0.2, -0.15) is 0 Å². The largest absolute Gasteiger partial charge is 0.463 e. The lowest BCUT2D eigenvalue weighted by atomic mass is 9.96. The van der Waals surface area contributed by atoms with Gasteiger partial charge in [0.1, 0.15) is 6.61 Å². The van der Waals surface area contributed by atoms with Crippen LogP contribution in [0.2, 0.25) is 0 Å². The summed E-state index contributed by atoms with van der Waals surface area (Å²) in [7, 11) is 0. The van der Waals surface area contributed by atoms with Crippen molar-refractivity contribution >= 4 is 17.8 Å². The standard InChI is InChI=1S/C27H38N2O5/c1-4-10-22(17-25(31)29-15-9-14-24(29)18-30)26(32)28-20(3)19-34-27(33)23(11-5-2)16-21-12-7-6-8-13-21/h4-8,12-13,20,22-24,30H,1-2,9-11,14-19H2,3H3,(H,28,32)/t20-,22+,23-,24-/m0/s1. The van der Waals surface area contributed by atoms with E-state index in [1.807, 2.05) is 30.3 Å². The van der Waals surface area contributed by atoms with E-state index in [-0.39, 0.29) is 49.4 Å². The summed E-state index contributed by atoms with van der Waals surface area (Å²) in [5, 5.41) is 12.3. The van der Waals surface area contributed by atoms with E-state index >= 15 is 0 Å². The Morgan fingerprint density at radius 1 is 1.18 bits per heavy atom. The second kappa shape index (κ2) is 14.4. The summed E-state index contributed by atoms with van der Waals surface area (Å²) in [6.45, 7) is 9.79. The third-order valence-electron chi connectivity index (χ3n) is 6.12. The first-order valence-corrected chi connectivity index (χ1v) is 12.0. The zero-order valence-corrected chi connectivity index (χ0v) is 20.2. The monoisotopic (exact) mass is 470 g/mol. The van der Waals surface area contributed by atoms with Crippen LogP contribution in [0.4, 0.5) is 0 Å². The van der Waals surface area contributed by atoms with Crippen molar-refractivity contribution in [2.75, 3.05) is 19.8 Å². The summed E-state index contributed by atoms with van der Waals surface area (Å²) in [4.78, 5) is 39.9. The number of amides is 2. The van der Waals surface area contributed by atoms with E-state index in [1.165, 1.54) is 0 Å². The third kappa shape index (κ3) is 8.45. The quantitative estimate of drug-likeness (QED) is 0.322. The Morgan fingerprint density at radius 2 is 1.85 bits per heavy atom. The number of nitrogens with zero attached hydrogens (tertiary/aromatic N) is 1. The Hall–Kier alpha value is -2.93. The van der Waals surface area contributed by atoms with Gasteiger partial charge in [-0.1, -0.05) is 42.5 Å². The van der Waals surface area contributed by atoms with Crippen molar-refractivity contribution in [3.05, 3.63) is 61.2 Å². The molecular weight excluding hydrogens is 432 g/mol. The second-order valence-electron chi connectivity index (χ2n) is 8.94. The Labute approximate surface area is 202 Å². The van der Waals surface area contributed by atoms with Crippen LogP contribution in [0.5, 0.6) is 0 Å². The van der Waals surface area contributed by atoms with Gasteiger partial charge < -0.3 is 20.1 Å². The van der Waals surface area contributed by atoms with Crippen molar-refractivity contribution in [1.29, 1.82) is 0 Å². The highest BCUT2D eigenvalue weighted by Gasteiger charge is 2.31. The summed E-state index contributed by atoms with van der Waals surface area (Å²) in [6.07, 6.45) is 6.44. The molecule has 1 aliphatic heterocycles. The molecule has 4 atom stereocenters. The summed E-state index contributed by atoms with van der Waals surface area (Å²) in [5.41, 5.74) is 1.05. The maximum Gasteiger partial charge on any atom is 0.309 e. The van der Waals surface area contributed by atoms with Gasteiger partial charge >= 0.3 is 5.97 Å². The number of hydrogen-bond acceptors (Lipinski definition) is 5. The minimum atomic E-state index is -0.560. The number of carbonyl (C=O) groups excluding carboxylic acids is 3. The number of allylic oxidation sites excluding steroid dienone is 2. The van der Waals surface area contributed by atoms with Crippen molar-refractivity contribution in [1.82, 2.24) is 10.2 Å². The molecule has 7 heteroatoms. The molecule has 1 heterocycles. The number of esters is 1. The fourth-order valence-corrected chi connectivity index (χ4v) is 4.26. The van der Waals surface area contributed by atoms with Gasteiger partial charge in [-0.15, -0.1) is 13.2 Å². The van der Waals surface area contributed by atoms with Crippen LogP contribution in [0.3, 0.4) is 0 Å². The van der Waals surface area contributed by atoms with Crippen molar-refractivity contribution in [2.45, 2.75) is 57.5 Å². The first-order valence-electron chi connectivity index (χ1n) is 12.0. The van der Waals surface area contributed by atoms with Crippen molar-refractivity contribution in [3.8, 4) is 0 Å². The van der Waals surface area contributed by atoms with E-state index in [2.05, 4.69) is 18.5 Å². The van der Waals surface area contributed by atoms with Crippen LogP contribution in [-0.4, -0.2) is 59.6 Å². The third-order valence-corrected chi connectivity index (χ3v) is 6.12. The Bertz CT molecular complexity index is 826. The van der Waals surface area contributed by atoms with Crippen LogP contribution >= 0.6 is 0 Å². The number of aliphatic hydroxyl groups excluding tert-OH is 1. The average molecular weight is 471 g/mol. The van der Waals surface area contributed by atoms with Crippen LogP contribution in [0.25, 0.3) is 0 Å². The molecule has 0 radical (unpaired) electrons. The highest BCUT2D eigenvalue weighted by molar-refractivity contribution is 5.86. The van der Waals surface area contributed by atoms with Crippen LogP contribution in [0.15, 0.2) is 55.6 Å². The number of nitrogens with one attached hydrogen (secondary N) is 1. The number of aliphatic hydroxyl groups is 1. The fourth-order valence-electron chi connectivity index (χ4n) is 4.26. The number of rotatable bonds is 14. The van der Waals surface area contributed by atoms with Crippen molar-refractivity contribution in [2.24, 2.45) is 11.8 Å². The molecule has 2 amide bonds. The second-order valence-corrected chi connectivity index (χ2v) is 8.94. The van der Waals surface area contributed by atoms with E-state index in [1.54, 1.807) is 24.0 Å².